The van der Waals surface area contributed by atoms with E-state index in [1.165, 1.54) is 29.7 Å². The summed E-state index contributed by atoms with van der Waals surface area (Å²) in [6, 6.07) is 14.0. The Hall–Kier alpha value is -1.91. The van der Waals surface area contributed by atoms with Crippen molar-refractivity contribution in [1.29, 1.82) is 0 Å². The van der Waals surface area contributed by atoms with E-state index in [4.69, 9.17) is 9.47 Å². The van der Waals surface area contributed by atoms with Crippen molar-refractivity contribution in [3.63, 3.8) is 0 Å². The van der Waals surface area contributed by atoms with Gasteiger partial charge in [-0.2, -0.15) is 0 Å². The van der Waals surface area contributed by atoms with E-state index in [1.807, 2.05) is 6.20 Å². The predicted molar refractivity (Wildman–Crippen MR) is 93.1 cm³/mol. The molecule has 2 atom stereocenters. The largest absolute Gasteiger partial charge is 0.491 e. The minimum Gasteiger partial charge on any atom is -0.491 e. The highest BCUT2D eigenvalue weighted by Gasteiger charge is 2.39. The van der Waals surface area contributed by atoms with Crippen molar-refractivity contribution in [3.8, 4) is 5.75 Å². The van der Waals surface area contributed by atoms with Gasteiger partial charge in [0.15, 0.2) is 0 Å². The van der Waals surface area contributed by atoms with Crippen LogP contribution in [0.15, 0.2) is 42.6 Å². The average Bonchev–Trinajstić information content (AvgIpc) is 2.89. The van der Waals surface area contributed by atoms with E-state index < -0.39 is 0 Å². The number of nitrogens with zero attached hydrogens (tertiary/aromatic N) is 2. The van der Waals surface area contributed by atoms with Crippen molar-refractivity contribution in [2.75, 3.05) is 20.3 Å². The van der Waals surface area contributed by atoms with E-state index in [1.54, 1.807) is 7.11 Å². The lowest BCUT2D eigenvalue weighted by molar-refractivity contribution is 0.146. The SMILES string of the molecule is COCCOc1ccc(CN2[C@H]3CC[C@H]2c2cccnc2C3)cc1. The highest BCUT2D eigenvalue weighted by atomic mass is 16.5. The summed E-state index contributed by atoms with van der Waals surface area (Å²) in [5.74, 6) is 0.909. The van der Waals surface area contributed by atoms with Gasteiger partial charge in [-0.25, -0.2) is 0 Å². The highest BCUT2D eigenvalue weighted by molar-refractivity contribution is 5.32. The van der Waals surface area contributed by atoms with Crippen LogP contribution in [0.3, 0.4) is 0 Å². The maximum atomic E-state index is 5.65. The number of hydrogen-bond acceptors (Lipinski definition) is 4. The molecule has 0 radical (unpaired) electrons. The fourth-order valence-corrected chi connectivity index (χ4v) is 4.02. The number of pyridine rings is 1. The zero-order chi connectivity index (χ0) is 16.4. The van der Waals surface area contributed by atoms with E-state index in [0.717, 1.165) is 18.7 Å². The Morgan fingerprint density at radius 3 is 2.83 bits per heavy atom. The molecule has 2 bridgehead atoms. The summed E-state index contributed by atoms with van der Waals surface area (Å²) in [4.78, 5) is 7.25. The van der Waals surface area contributed by atoms with E-state index in [-0.39, 0.29) is 0 Å². The number of hydrogen-bond donors (Lipinski definition) is 0. The molecule has 4 heteroatoms. The summed E-state index contributed by atoms with van der Waals surface area (Å²) in [7, 11) is 1.69. The first-order chi connectivity index (χ1) is 11.8. The van der Waals surface area contributed by atoms with Crippen molar-refractivity contribution >= 4 is 0 Å². The number of methoxy groups -OCH3 is 1. The molecular weight excluding hydrogens is 300 g/mol. The Labute approximate surface area is 143 Å². The molecule has 1 aromatic carbocycles. The Morgan fingerprint density at radius 2 is 2.00 bits per heavy atom. The van der Waals surface area contributed by atoms with Crippen LogP contribution in [-0.4, -0.2) is 36.2 Å². The Morgan fingerprint density at radius 1 is 1.12 bits per heavy atom. The fraction of sp³-hybridized carbons (Fsp3) is 0.450. The molecule has 1 saturated heterocycles. The normalized spacial score (nSPS) is 22.4. The predicted octanol–water partition coefficient (Wildman–Crippen LogP) is 3.37. The van der Waals surface area contributed by atoms with Crippen LogP contribution in [0, 0.1) is 0 Å². The second-order valence-electron chi connectivity index (χ2n) is 6.65. The first-order valence-corrected chi connectivity index (χ1v) is 8.75. The number of rotatable bonds is 6. The standard InChI is InChI=1S/C20H24N2O2/c1-23-11-12-24-17-7-4-15(5-8-17)14-22-16-6-9-20(22)18-3-2-10-21-19(18)13-16/h2-5,7-8,10,16,20H,6,9,11-14H2,1H3/t16-,20-/m0/s1. The van der Waals surface area contributed by atoms with Crippen LogP contribution in [-0.2, 0) is 17.7 Å². The monoisotopic (exact) mass is 324 g/mol. The molecule has 24 heavy (non-hydrogen) atoms. The van der Waals surface area contributed by atoms with Gasteiger partial charge in [-0.1, -0.05) is 18.2 Å². The Kier molecular flexibility index (Phi) is 4.50. The van der Waals surface area contributed by atoms with Gasteiger partial charge in [-0.15, -0.1) is 0 Å². The van der Waals surface area contributed by atoms with Crippen LogP contribution in [0.2, 0.25) is 0 Å². The first-order valence-electron chi connectivity index (χ1n) is 8.75. The number of benzene rings is 1. The molecule has 0 amide bonds. The summed E-state index contributed by atoms with van der Waals surface area (Å²) < 4.78 is 10.7. The third kappa shape index (κ3) is 3.04. The van der Waals surface area contributed by atoms with Crippen LogP contribution in [0.25, 0.3) is 0 Å². The molecule has 0 spiro atoms. The van der Waals surface area contributed by atoms with Crippen molar-refractivity contribution < 1.29 is 9.47 Å². The quantitative estimate of drug-likeness (QED) is 0.763. The molecule has 0 N–H and O–H groups in total. The van der Waals surface area contributed by atoms with Gasteiger partial charge in [0.2, 0.25) is 0 Å². The van der Waals surface area contributed by atoms with Crippen LogP contribution in [0.1, 0.15) is 35.7 Å². The van der Waals surface area contributed by atoms with Gasteiger partial charge in [-0.3, -0.25) is 9.88 Å². The molecule has 0 aliphatic carbocycles. The van der Waals surface area contributed by atoms with Crippen LogP contribution < -0.4 is 4.74 Å². The van der Waals surface area contributed by atoms with Gasteiger partial charge < -0.3 is 9.47 Å². The van der Waals surface area contributed by atoms with Gasteiger partial charge in [0, 0.05) is 44.0 Å². The van der Waals surface area contributed by atoms with Gasteiger partial charge in [0.1, 0.15) is 12.4 Å². The molecule has 2 aliphatic heterocycles. The summed E-state index contributed by atoms with van der Waals surface area (Å²) >= 11 is 0. The molecule has 4 nitrogen and oxygen atoms in total. The molecular formula is C20H24N2O2. The molecule has 1 fully saturated rings. The molecule has 2 aliphatic rings. The van der Waals surface area contributed by atoms with E-state index in [9.17, 15) is 0 Å². The van der Waals surface area contributed by atoms with Gasteiger partial charge in [-0.05, 0) is 42.2 Å². The Bertz CT molecular complexity index is 686. The fourth-order valence-electron chi connectivity index (χ4n) is 4.02. The van der Waals surface area contributed by atoms with Crippen molar-refractivity contribution in [3.05, 3.63) is 59.4 Å². The second-order valence-corrected chi connectivity index (χ2v) is 6.65. The zero-order valence-corrected chi connectivity index (χ0v) is 14.1. The topological polar surface area (TPSA) is 34.6 Å². The van der Waals surface area contributed by atoms with E-state index in [0.29, 0.717) is 25.3 Å². The summed E-state index contributed by atoms with van der Waals surface area (Å²) in [6.45, 7) is 2.21. The highest BCUT2D eigenvalue weighted by Crippen LogP contribution is 2.43. The Balaban J connectivity index is 1.44. The van der Waals surface area contributed by atoms with Gasteiger partial charge >= 0.3 is 0 Å². The summed E-state index contributed by atoms with van der Waals surface area (Å²) in [6.07, 6.45) is 5.54. The number of fused-ring (bicyclic) bond motifs is 4. The molecule has 1 aromatic heterocycles. The van der Waals surface area contributed by atoms with Crippen LogP contribution >= 0.6 is 0 Å². The lowest BCUT2D eigenvalue weighted by atomic mass is 9.97. The second kappa shape index (κ2) is 6.91. The van der Waals surface area contributed by atoms with E-state index >= 15 is 0 Å². The lowest BCUT2D eigenvalue weighted by Gasteiger charge is -2.35. The molecule has 126 valence electrons. The van der Waals surface area contributed by atoms with Crippen molar-refractivity contribution in [2.45, 2.75) is 37.9 Å². The maximum absolute atomic E-state index is 5.65. The van der Waals surface area contributed by atoms with E-state index in [2.05, 4.69) is 46.3 Å². The van der Waals surface area contributed by atoms with Gasteiger partial charge in [0.05, 0.1) is 6.61 Å². The average molecular weight is 324 g/mol. The third-order valence-electron chi connectivity index (χ3n) is 5.20. The summed E-state index contributed by atoms with van der Waals surface area (Å²) in [5, 5.41) is 0. The number of aromatic nitrogens is 1. The molecule has 0 saturated carbocycles. The molecule has 0 unspecified atom stereocenters. The van der Waals surface area contributed by atoms with Crippen molar-refractivity contribution in [2.24, 2.45) is 0 Å². The maximum Gasteiger partial charge on any atom is 0.119 e. The van der Waals surface area contributed by atoms with Crippen LogP contribution in [0.5, 0.6) is 5.75 Å². The molecule has 4 rings (SSSR count). The first kappa shape index (κ1) is 15.6. The zero-order valence-electron chi connectivity index (χ0n) is 14.1. The smallest absolute Gasteiger partial charge is 0.119 e. The number of ether oxygens (including phenoxy) is 2. The van der Waals surface area contributed by atoms with Gasteiger partial charge in [0.25, 0.3) is 0 Å². The molecule has 2 aromatic rings. The molecule has 3 heterocycles. The minimum absolute atomic E-state index is 0.532. The third-order valence-corrected chi connectivity index (χ3v) is 5.20. The van der Waals surface area contributed by atoms with Crippen LogP contribution in [0.4, 0.5) is 0 Å². The van der Waals surface area contributed by atoms with Crippen molar-refractivity contribution in [1.82, 2.24) is 9.88 Å². The summed E-state index contributed by atoms with van der Waals surface area (Å²) in [5.41, 5.74) is 4.09. The minimum atomic E-state index is 0.532. The lowest BCUT2D eigenvalue weighted by Crippen LogP contribution is -2.37.